The monoisotopic (exact) mass is 329 g/mol. The van der Waals surface area contributed by atoms with Gasteiger partial charge in [0, 0.05) is 16.3 Å². The smallest absolute Gasteiger partial charge is 0.118 e. The predicted molar refractivity (Wildman–Crippen MR) is 95.3 cm³/mol. The second-order valence-electron chi connectivity index (χ2n) is 6.94. The van der Waals surface area contributed by atoms with Crippen LogP contribution in [0, 0.1) is 0 Å². The molecule has 4 aromatic rings. The maximum atomic E-state index is 10.4. The van der Waals surface area contributed by atoms with Crippen molar-refractivity contribution >= 4 is 32.6 Å². The zero-order chi connectivity index (χ0) is 16.7. The maximum Gasteiger partial charge on any atom is 0.118 e. The van der Waals surface area contributed by atoms with Crippen LogP contribution in [0.4, 0.5) is 0 Å². The highest BCUT2D eigenvalue weighted by molar-refractivity contribution is 6.09. The van der Waals surface area contributed by atoms with E-state index in [0.29, 0.717) is 0 Å². The van der Waals surface area contributed by atoms with Crippen LogP contribution in [0.5, 0.6) is 0 Å². The first-order valence-electron chi connectivity index (χ1n) is 8.49. The van der Waals surface area contributed by atoms with Crippen LogP contribution in [-0.4, -0.2) is 27.4 Å². The van der Waals surface area contributed by atoms with E-state index in [1.54, 1.807) is 0 Å². The van der Waals surface area contributed by atoms with Gasteiger partial charge in [0.25, 0.3) is 0 Å². The van der Waals surface area contributed by atoms with Crippen LogP contribution in [0.3, 0.4) is 0 Å². The Morgan fingerprint density at radius 2 is 1.72 bits per heavy atom. The SMILES string of the molecule is O[C@@H]1[C@@H]2O[C@@H]2c2c(ccc3cc4c(ccc5ccccc54)nc23)[C@H]1O. The van der Waals surface area contributed by atoms with Gasteiger partial charge < -0.3 is 14.9 Å². The fourth-order valence-corrected chi connectivity index (χ4v) is 4.23. The molecule has 122 valence electrons. The van der Waals surface area contributed by atoms with Gasteiger partial charge in [0.05, 0.1) is 11.0 Å². The minimum absolute atomic E-state index is 0.164. The summed E-state index contributed by atoms with van der Waals surface area (Å²) in [5, 5.41) is 25.0. The van der Waals surface area contributed by atoms with E-state index in [0.717, 1.165) is 32.9 Å². The highest BCUT2D eigenvalue weighted by atomic mass is 16.6. The minimum Gasteiger partial charge on any atom is -0.387 e. The van der Waals surface area contributed by atoms with Gasteiger partial charge in [0.1, 0.15) is 24.4 Å². The number of ether oxygens (including phenoxy) is 1. The number of hydrogen-bond acceptors (Lipinski definition) is 4. The topological polar surface area (TPSA) is 65.9 Å². The Morgan fingerprint density at radius 1 is 0.880 bits per heavy atom. The molecule has 1 saturated heterocycles. The molecule has 4 nitrogen and oxygen atoms in total. The first-order valence-corrected chi connectivity index (χ1v) is 8.49. The molecule has 0 saturated carbocycles. The molecular formula is C21H15NO3. The number of fused-ring (bicyclic) bond motifs is 8. The fourth-order valence-electron chi connectivity index (χ4n) is 4.23. The zero-order valence-electron chi connectivity index (χ0n) is 13.3. The Kier molecular flexibility index (Phi) is 2.50. The first kappa shape index (κ1) is 13.7. The number of nitrogens with zero attached hydrogens (tertiary/aromatic N) is 1. The molecule has 0 spiro atoms. The van der Waals surface area contributed by atoms with E-state index in [-0.39, 0.29) is 12.2 Å². The van der Waals surface area contributed by atoms with E-state index in [1.165, 1.54) is 10.8 Å². The number of benzene rings is 3. The molecule has 1 aliphatic carbocycles. The van der Waals surface area contributed by atoms with Gasteiger partial charge in [-0.25, -0.2) is 4.98 Å². The average Bonchev–Trinajstić information content (AvgIpc) is 3.44. The Bertz CT molecular complexity index is 1190. The molecule has 0 radical (unpaired) electrons. The normalized spacial score (nSPS) is 27.4. The molecule has 4 heteroatoms. The lowest BCUT2D eigenvalue weighted by Crippen LogP contribution is -2.29. The highest BCUT2D eigenvalue weighted by Gasteiger charge is 2.54. The number of hydrogen-bond donors (Lipinski definition) is 2. The number of epoxide rings is 1. The summed E-state index contributed by atoms with van der Waals surface area (Å²) in [6, 6.07) is 18.4. The molecule has 2 aliphatic rings. The largest absolute Gasteiger partial charge is 0.387 e. The Morgan fingerprint density at radius 3 is 2.64 bits per heavy atom. The molecule has 6 rings (SSSR count). The molecular weight excluding hydrogens is 314 g/mol. The van der Waals surface area contributed by atoms with Gasteiger partial charge >= 0.3 is 0 Å². The third-order valence-corrected chi connectivity index (χ3v) is 5.55. The second-order valence-corrected chi connectivity index (χ2v) is 6.94. The number of aromatic nitrogens is 1. The van der Waals surface area contributed by atoms with Gasteiger partial charge in [-0.3, -0.25) is 0 Å². The summed E-state index contributed by atoms with van der Waals surface area (Å²) in [7, 11) is 0. The second kappa shape index (κ2) is 4.55. The van der Waals surface area contributed by atoms with Gasteiger partial charge in [0.15, 0.2) is 0 Å². The van der Waals surface area contributed by atoms with Gasteiger partial charge in [-0.1, -0.05) is 42.5 Å². The van der Waals surface area contributed by atoms with Crippen LogP contribution in [-0.2, 0) is 4.74 Å². The lowest BCUT2D eigenvalue weighted by atomic mass is 9.85. The quantitative estimate of drug-likeness (QED) is 0.295. The number of rotatable bonds is 0. The van der Waals surface area contributed by atoms with Crippen molar-refractivity contribution in [2.24, 2.45) is 0 Å². The van der Waals surface area contributed by atoms with Gasteiger partial charge in [-0.15, -0.1) is 0 Å². The van der Waals surface area contributed by atoms with E-state index in [2.05, 4.69) is 24.3 Å². The molecule has 2 N–H and O–H groups in total. The predicted octanol–water partition coefficient (Wildman–Crippen LogP) is 3.39. The van der Waals surface area contributed by atoms with Crippen molar-refractivity contribution in [2.45, 2.75) is 24.4 Å². The number of aliphatic hydroxyl groups excluding tert-OH is 2. The maximum absolute atomic E-state index is 10.4. The highest BCUT2D eigenvalue weighted by Crippen LogP contribution is 2.52. The summed E-state index contributed by atoms with van der Waals surface area (Å²) in [5.74, 6) is 0. The molecule has 0 unspecified atom stereocenters. The minimum atomic E-state index is -0.919. The summed E-state index contributed by atoms with van der Waals surface area (Å²) in [4.78, 5) is 4.90. The standard InChI is InChI=1S/C21H15NO3/c23-18-13-7-5-11-9-14-12-4-2-1-3-10(12)6-8-15(14)22-17(11)16(13)20-21(25-20)19(18)24/h1-9,18-21,23-24H/t18-,19+,20-,21+/m1/s1. The first-order chi connectivity index (χ1) is 12.2. The molecule has 0 amide bonds. The summed E-state index contributed by atoms with van der Waals surface area (Å²) >= 11 is 0. The fraction of sp³-hybridized carbons (Fsp3) is 0.190. The van der Waals surface area contributed by atoms with Gasteiger partial charge in [-0.2, -0.15) is 0 Å². The summed E-state index contributed by atoms with van der Waals surface area (Å²) < 4.78 is 5.63. The van der Waals surface area contributed by atoms with Crippen LogP contribution in [0.25, 0.3) is 32.6 Å². The van der Waals surface area contributed by atoms with Crippen LogP contribution in [0.1, 0.15) is 23.3 Å². The van der Waals surface area contributed by atoms with Crippen molar-refractivity contribution in [2.75, 3.05) is 0 Å². The Balaban J connectivity index is 1.72. The van der Waals surface area contributed by atoms with Crippen LogP contribution < -0.4 is 0 Å². The molecule has 3 aromatic carbocycles. The van der Waals surface area contributed by atoms with Crippen LogP contribution in [0.2, 0.25) is 0 Å². The molecule has 1 aliphatic heterocycles. The van der Waals surface area contributed by atoms with Crippen LogP contribution in [0.15, 0.2) is 54.6 Å². The molecule has 0 bridgehead atoms. The zero-order valence-corrected chi connectivity index (χ0v) is 13.3. The summed E-state index contributed by atoms with van der Waals surface area (Å²) in [6.07, 6.45) is -2.26. The van der Waals surface area contributed by atoms with Gasteiger partial charge in [-0.05, 0) is 28.5 Å². The van der Waals surface area contributed by atoms with Crippen molar-refractivity contribution in [3.8, 4) is 0 Å². The van der Waals surface area contributed by atoms with Crippen molar-refractivity contribution in [3.63, 3.8) is 0 Å². The third kappa shape index (κ3) is 1.74. The van der Waals surface area contributed by atoms with Gasteiger partial charge in [0.2, 0.25) is 0 Å². The molecule has 25 heavy (non-hydrogen) atoms. The molecule has 2 heterocycles. The van der Waals surface area contributed by atoms with Crippen molar-refractivity contribution < 1.29 is 14.9 Å². The van der Waals surface area contributed by atoms with E-state index in [1.807, 2.05) is 30.3 Å². The van der Waals surface area contributed by atoms with E-state index >= 15 is 0 Å². The summed E-state index contributed by atoms with van der Waals surface area (Å²) in [5.41, 5.74) is 3.44. The Hall–Kier alpha value is -2.53. The van der Waals surface area contributed by atoms with Crippen LogP contribution >= 0.6 is 0 Å². The van der Waals surface area contributed by atoms with E-state index in [9.17, 15) is 10.2 Å². The Labute approximate surface area is 143 Å². The molecule has 1 fully saturated rings. The van der Waals surface area contributed by atoms with E-state index in [4.69, 9.17) is 9.72 Å². The van der Waals surface area contributed by atoms with Crippen molar-refractivity contribution in [1.29, 1.82) is 0 Å². The van der Waals surface area contributed by atoms with Crippen molar-refractivity contribution in [3.05, 3.63) is 65.7 Å². The summed E-state index contributed by atoms with van der Waals surface area (Å²) in [6.45, 7) is 0. The number of aliphatic hydroxyl groups is 2. The molecule has 4 atom stereocenters. The lowest BCUT2D eigenvalue weighted by Gasteiger charge is -2.24. The third-order valence-electron chi connectivity index (χ3n) is 5.55. The lowest BCUT2D eigenvalue weighted by molar-refractivity contribution is 0.0000942. The number of pyridine rings is 1. The van der Waals surface area contributed by atoms with Crippen molar-refractivity contribution in [1.82, 2.24) is 4.98 Å². The molecule has 1 aromatic heterocycles. The average molecular weight is 329 g/mol. The van der Waals surface area contributed by atoms with E-state index < -0.39 is 12.2 Å².